The van der Waals surface area contributed by atoms with Crippen molar-refractivity contribution in [3.05, 3.63) is 39.6 Å². The molecular formula is C22H28Cl2O3. The van der Waals surface area contributed by atoms with Crippen LogP contribution >= 0.6 is 23.2 Å². The highest BCUT2D eigenvalue weighted by molar-refractivity contribution is 6.41. The number of allylic oxidation sites excluding steroid dienone is 2. The topological polar surface area (TPSA) is 43.4 Å². The summed E-state index contributed by atoms with van der Waals surface area (Å²) in [5.41, 5.74) is 0.823. The van der Waals surface area contributed by atoms with E-state index in [-0.39, 0.29) is 29.5 Å². The molecule has 1 aromatic carbocycles. The summed E-state index contributed by atoms with van der Waals surface area (Å²) in [5.74, 6) is -0.201. The van der Waals surface area contributed by atoms with Gasteiger partial charge in [-0.3, -0.25) is 9.59 Å². The second-order valence-electron chi connectivity index (χ2n) is 7.40. The van der Waals surface area contributed by atoms with Gasteiger partial charge in [0.2, 0.25) is 0 Å². The van der Waals surface area contributed by atoms with Crippen LogP contribution in [0.25, 0.3) is 5.57 Å². The van der Waals surface area contributed by atoms with Crippen molar-refractivity contribution >= 4 is 40.5 Å². The molecule has 0 saturated carbocycles. The average molecular weight is 411 g/mol. The fourth-order valence-electron chi connectivity index (χ4n) is 3.43. The summed E-state index contributed by atoms with van der Waals surface area (Å²) in [5, 5.41) is 0.776. The molecule has 0 heterocycles. The number of halogens is 2. The molecule has 1 aromatic rings. The molecule has 3 atom stereocenters. The lowest BCUT2D eigenvalue weighted by molar-refractivity contribution is -0.145. The number of carbonyl (C=O) groups is 2. The standard InChI is InChI=1S/C22H28Cl2O3/c1-5-7-9-15(6-2)22(26)27-18-12-13(3)14(4)21(25)20(18)19-16(23)10-8-11-17(19)24/h8,10-11,13-15H,5-7,9,12H2,1-4H3. The van der Waals surface area contributed by atoms with Gasteiger partial charge in [-0.2, -0.15) is 0 Å². The number of Topliss-reactive ketones (excluding diaryl/α,β-unsaturated/α-hetero) is 1. The minimum Gasteiger partial charge on any atom is -0.430 e. The van der Waals surface area contributed by atoms with E-state index >= 15 is 0 Å². The average Bonchev–Trinajstić information content (AvgIpc) is 2.62. The van der Waals surface area contributed by atoms with E-state index in [0.717, 1.165) is 19.3 Å². The molecule has 1 aliphatic carbocycles. The molecule has 0 aromatic heterocycles. The van der Waals surface area contributed by atoms with Crippen molar-refractivity contribution in [2.24, 2.45) is 17.8 Å². The number of hydrogen-bond donors (Lipinski definition) is 0. The fraction of sp³-hybridized carbons (Fsp3) is 0.545. The second-order valence-corrected chi connectivity index (χ2v) is 8.21. The van der Waals surface area contributed by atoms with Crippen LogP contribution in [0.1, 0.15) is 65.4 Å². The molecule has 0 saturated heterocycles. The molecule has 27 heavy (non-hydrogen) atoms. The first-order valence-electron chi connectivity index (χ1n) is 9.75. The van der Waals surface area contributed by atoms with E-state index in [1.807, 2.05) is 20.8 Å². The van der Waals surface area contributed by atoms with Crippen LogP contribution < -0.4 is 0 Å². The van der Waals surface area contributed by atoms with Gasteiger partial charge in [-0.15, -0.1) is 0 Å². The molecule has 5 heteroatoms. The number of rotatable bonds is 7. The number of esters is 1. The molecule has 0 N–H and O–H groups in total. The van der Waals surface area contributed by atoms with Gasteiger partial charge in [0.1, 0.15) is 5.76 Å². The van der Waals surface area contributed by atoms with Gasteiger partial charge in [0.15, 0.2) is 5.78 Å². The van der Waals surface area contributed by atoms with E-state index in [1.54, 1.807) is 18.2 Å². The second kappa shape index (κ2) is 9.75. The van der Waals surface area contributed by atoms with Crippen molar-refractivity contribution in [3.63, 3.8) is 0 Å². The third kappa shape index (κ3) is 4.94. The molecule has 0 fully saturated rings. The monoisotopic (exact) mass is 410 g/mol. The fourth-order valence-corrected chi connectivity index (χ4v) is 4.02. The number of carbonyl (C=O) groups excluding carboxylic acids is 2. The Kier molecular flexibility index (Phi) is 7.93. The lowest BCUT2D eigenvalue weighted by Crippen LogP contribution is -2.29. The summed E-state index contributed by atoms with van der Waals surface area (Å²) < 4.78 is 5.81. The lowest BCUT2D eigenvalue weighted by atomic mass is 9.77. The van der Waals surface area contributed by atoms with Crippen LogP contribution in [-0.2, 0) is 14.3 Å². The van der Waals surface area contributed by atoms with Crippen LogP contribution in [0.15, 0.2) is 24.0 Å². The quantitative estimate of drug-likeness (QED) is 0.469. The van der Waals surface area contributed by atoms with Crippen LogP contribution in [0.3, 0.4) is 0 Å². The van der Waals surface area contributed by atoms with Crippen LogP contribution in [0.5, 0.6) is 0 Å². The molecular weight excluding hydrogens is 383 g/mol. The summed E-state index contributed by atoms with van der Waals surface area (Å²) in [4.78, 5) is 25.8. The Morgan fingerprint density at radius 2 is 1.85 bits per heavy atom. The summed E-state index contributed by atoms with van der Waals surface area (Å²) in [6, 6.07) is 5.13. The largest absolute Gasteiger partial charge is 0.430 e. The Bertz CT molecular complexity index is 719. The van der Waals surface area contributed by atoms with Crippen molar-refractivity contribution in [1.29, 1.82) is 0 Å². The Morgan fingerprint density at radius 3 is 2.41 bits per heavy atom. The lowest BCUT2D eigenvalue weighted by Gasteiger charge is -2.30. The first kappa shape index (κ1) is 22.0. The van der Waals surface area contributed by atoms with Crippen molar-refractivity contribution < 1.29 is 14.3 Å². The predicted octanol–water partition coefficient (Wildman–Crippen LogP) is 6.71. The third-order valence-corrected chi connectivity index (χ3v) is 6.10. The molecule has 148 valence electrons. The van der Waals surface area contributed by atoms with Crippen LogP contribution in [0.2, 0.25) is 10.0 Å². The Hall–Kier alpha value is -1.32. The molecule has 0 aliphatic heterocycles. The van der Waals surface area contributed by atoms with E-state index in [2.05, 4.69) is 6.92 Å². The molecule has 0 amide bonds. The maximum Gasteiger partial charge on any atom is 0.314 e. The number of hydrogen-bond acceptors (Lipinski definition) is 3. The van der Waals surface area contributed by atoms with E-state index in [0.29, 0.717) is 39.8 Å². The van der Waals surface area contributed by atoms with E-state index in [1.165, 1.54) is 0 Å². The smallest absolute Gasteiger partial charge is 0.314 e. The van der Waals surface area contributed by atoms with Crippen molar-refractivity contribution in [1.82, 2.24) is 0 Å². The first-order valence-corrected chi connectivity index (χ1v) is 10.5. The number of benzene rings is 1. The van der Waals surface area contributed by atoms with E-state index in [9.17, 15) is 9.59 Å². The zero-order valence-corrected chi connectivity index (χ0v) is 18.0. The van der Waals surface area contributed by atoms with Crippen LogP contribution in [0, 0.1) is 17.8 Å². The van der Waals surface area contributed by atoms with Crippen LogP contribution in [0.4, 0.5) is 0 Å². The minimum absolute atomic E-state index is 0.0758. The Balaban J connectivity index is 2.47. The maximum absolute atomic E-state index is 13.1. The minimum atomic E-state index is -0.267. The molecule has 0 bridgehead atoms. The van der Waals surface area contributed by atoms with E-state index < -0.39 is 0 Å². The van der Waals surface area contributed by atoms with Gasteiger partial charge < -0.3 is 4.74 Å². The molecule has 0 spiro atoms. The zero-order valence-electron chi connectivity index (χ0n) is 16.5. The highest BCUT2D eigenvalue weighted by Crippen LogP contribution is 2.42. The highest BCUT2D eigenvalue weighted by Gasteiger charge is 2.36. The van der Waals surface area contributed by atoms with Gasteiger partial charge in [-0.25, -0.2) is 0 Å². The van der Waals surface area contributed by atoms with Gasteiger partial charge in [0.05, 0.1) is 21.5 Å². The van der Waals surface area contributed by atoms with Gasteiger partial charge in [0.25, 0.3) is 0 Å². The highest BCUT2D eigenvalue weighted by atomic mass is 35.5. The normalized spacial score (nSPS) is 21.3. The zero-order chi connectivity index (χ0) is 20.1. The molecule has 0 radical (unpaired) electrons. The Labute approximate surface area is 172 Å². The number of unbranched alkanes of at least 4 members (excludes halogenated alkanes) is 1. The summed E-state index contributed by atoms with van der Waals surface area (Å²) in [6.45, 7) is 7.97. The SMILES string of the molecule is CCCCC(CC)C(=O)OC1=C(c2c(Cl)cccc2Cl)C(=O)C(C)C(C)C1. The van der Waals surface area contributed by atoms with Crippen LogP contribution in [-0.4, -0.2) is 11.8 Å². The molecule has 2 rings (SSSR count). The maximum atomic E-state index is 13.1. The Morgan fingerprint density at radius 1 is 1.22 bits per heavy atom. The van der Waals surface area contributed by atoms with Gasteiger partial charge in [-0.1, -0.05) is 69.8 Å². The van der Waals surface area contributed by atoms with Gasteiger partial charge in [0, 0.05) is 17.9 Å². The first-order chi connectivity index (χ1) is 12.8. The number of ether oxygens (including phenoxy) is 1. The summed E-state index contributed by atoms with van der Waals surface area (Å²) in [6.07, 6.45) is 4.03. The number of ketones is 1. The van der Waals surface area contributed by atoms with Crippen molar-refractivity contribution in [2.45, 2.75) is 59.8 Å². The molecule has 3 unspecified atom stereocenters. The summed E-state index contributed by atoms with van der Waals surface area (Å²) >= 11 is 12.7. The van der Waals surface area contributed by atoms with Crippen molar-refractivity contribution in [3.8, 4) is 0 Å². The van der Waals surface area contributed by atoms with Gasteiger partial charge >= 0.3 is 5.97 Å². The third-order valence-electron chi connectivity index (χ3n) is 5.47. The molecule has 1 aliphatic rings. The van der Waals surface area contributed by atoms with Crippen molar-refractivity contribution in [2.75, 3.05) is 0 Å². The van der Waals surface area contributed by atoms with Gasteiger partial charge in [-0.05, 0) is 30.9 Å². The predicted molar refractivity (Wildman–Crippen MR) is 111 cm³/mol. The molecule has 3 nitrogen and oxygen atoms in total. The van der Waals surface area contributed by atoms with E-state index in [4.69, 9.17) is 27.9 Å². The summed E-state index contributed by atoms with van der Waals surface area (Å²) in [7, 11) is 0.